The lowest BCUT2D eigenvalue weighted by atomic mass is 10.1. The van der Waals surface area contributed by atoms with Crippen LogP contribution in [0.25, 0.3) is 0 Å². The van der Waals surface area contributed by atoms with Crippen molar-refractivity contribution in [2.24, 2.45) is 30.7 Å². The maximum absolute atomic E-state index is 9.36. The van der Waals surface area contributed by atoms with Crippen molar-refractivity contribution in [2.45, 2.75) is 19.3 Å². The van der Waals surface area contributed by atoms with Crippen LogP contribution in [0, 0.1) is 0 Å². The van der Waals surface area contributed by atoms with Crippen LogP contribution in [0.1, 0.15) is 19.3 Å². The molecule has 0 saturated carbocycles. The molecule has 0 bridgehead atoms. The van der Waals surface area contributed by atoms with E-state index in [1.165, 1.54) is 36.4 Å². The summed E-state index contributed by atoms with van der Waals surface area (Å²) in [5, 5.41) is 37.7. The normalized spacial score (nSPS) is 14.3. The predicted molar refractivity (Wildman–Crippen MR) is 154 cm³/mol. The fraction of sp³-hybridized carbons (Fsp3) is 0.185. The molecule has 1 aliphatic rings. The molecule has 1 aliphatic heterocycles. The van der Waals surface area contributed by atoms with Crippen molar-refractivity contribution in [2.75, 3.05) is 18.0 Å². The van der Waals surface area contributed by atoms with Gasteiger partial charge >= 0.3 is 0 Å². The number of phenolic OH excluding ortho intramolecular Hbond substituents is 1. The van der Waals surface area contributed by atoms with E-state index < -0.39 is 0 Å². The largest absolute Gasteiger partial charge is 0.508 e. The van der Waals surface area contributed by atoms with Crippen LogP contribution < -0.4 is 4.90 Å². The SMILES string of the molecule is Oc1ccc(N=Nc2ccc(N=Nc3ccc(N=Nc4ccc(N5CCCCC5)s4)cc3Cl)cc2Cl)cc1. The number of benzene rings is 3. The number of phenols is 1. The molecule has 0 amide bonds. The van der Waals surface area contributed by atoms with Gasteiger partial charge in [0.2, 0.25) is 0 Å². The lowest BCUT2D eigenvalue weighted by Crippen LogP contribution is -2.28. The van der Waals surface area contributed by atoms with Crippen LogP contribution in [0.5, 0.6) is 5.75 Å². The highest BCUT2D eigenvalue weighted by Crippen LogP contribution is 2.36. The maximum Gasteiger partial charge on any atom is 0.140 e. The average molecular weight is 565 g/mol. The molecule has 3 aromatic carbocycles. The van der Waals surface area contributed by atoms with E-state index in [2.05, 4.69) is 41.7 Å². The van der Waals surface area contributed by atoms with Gasteiger partial charge in [-0.05, 0) is 92.1 Å². The van der Waals surface area contributed by atoms with Gasteiger partial charge < -0.3 is 10.0 Å². The van der Waals surface area contributed by atoms with Crippen LogP contribution in [0.4, 0.5) is 38.4 Å². The Kier molecular flexibility index (Phi) is 8.37. The topological polar surface area (TPSA) is 97.6 Å². The number of rotatable bonds is 7. The summed E-state index contributed by atoms with van der Waals surface area (Å²) in [4.78, 5) is 2.41. The number of hydrogen-bond donors (Lipinski definition) is 1. The van der Waals surface area contributed by atoms with Crippen LogP contribution in [-0.2, 0) is 0 Å². The molecule has 0 unspecified atom stereocenters. The van der Waals surface area contributed by atoms with E-state index in [4.69, 9.17) is 23.2 Å². The summed E-state index contributed by atoms with van der Waals surface area (Å²) in [7, 11) is 0. The molecule has 1 fully saturated rings. The van der Waals surface area contributed by atoms with Crippen molar-refractivity contribution >= 4 is 73.0 Å². The fourth-order valence-electron chi connectivity index (χ4n) is 3.78. The molecule has 1 N–H and O–H groups in total. The molecular formula is C27H23Cl2N7OS. The minimum atomic E-state index is 0.163. The van der Waals surface area contributed by atoms with Gasteiger partial charge in [-0.25, -0.2) is 0 Å². The molecule has 0 radical (unpaired) electrons. The summed E-state index contributed by atoms with van der Waals surface area (Å²) in [6.07, 6.45) is 3.79. The highest BCUT2D eigenvalue weighted by atomic mass is 35.5. The standard InChI is InChI=1S/C27H23Cl2N7OS/c28-22-16-19(6-10-24(22)33-30-18-4-8-21(37)9-5-18)31-34-25-11-7-20(17-23(25)29)32-35-26-12-13-27(38-26)36-14-2-1-3-15-36/h4-13,16-17,37H,1-3,14-15H2. The number of piperidine rings is 1. The van der Waals surface area contributed by atoms with Gasteiger partial charge in [0.25, 0.3) is 0 Å². The number of anilines is 1. The summed E-state index contributed by atoms with van der Waals surface area (Å²) in [6, 6.07) is 20.8. The summed E-state index contributed by atoms with van der Waals surface area (Å²) < 4.78 is 0. The second-order valence-electron chi connectivity index (χ2n) is 8.55. The molecule has 0 aliphatic carbocycles. The third kappa shape index (κ3) is 6.80. The summed E-state index contributed by atoms with van der Waals surface area (Å²) in [5.41, 5.74) is 2.76. The van der Waals surface area contributed by atoms with Crippen molar-refractivity contribution in [1.82, 2.24) is 0 Å². The van der Waals surface area contributed by atoms with E-state index in [0.717, 1.165) is 18.1 Å². The Morgan fingerprint density at radius 1 is 0.605 bits per heavy atom. The first-order chi connectivity index (χ1) is 18.5. The van der Waals surface area contributed by atoms with Crippen LogP contribution in [-0.4, -0.2) is 18.2 Å². The van der Waals surface area contributed by atoms with Gasteiger partial charge in [-0.3, -0.25) is 0 Å². The van der Waals surface area contributed by atoms with E-state index in [-0.39, 0.29) is 5.75 Å². The molecule has 4 aromatic rings. The lowest BCUT2D eigenvalue weighted by molar-refractivity contribution is 0.475. The fourth-order valence-corrected chi connectivity index (χ4v) is 5.09. The van der Waals surface area contributed by atoms with Gasteiger partial charge in [0, 0.05) is 13.1 Å². The van der Waals surface area contributed by atoms with Gasteiger partial charge in [0.15, 0.2) is 0 Å². The van der Waals surface area contributed by atoms with Gasteiger partial charge in [-0.1, -0.05) is 34.5 Å². The molecular weight excluding hydrogens is 541 g/mol. The minimum absolute atomic E-state index is 0.163. The number of thiophene rings is 1. The van der Waals surface area contributed by atoms with Crippen molar-refractivity contribution in [3.63, 3.8) is 0 Å². The molecule has 11 heteroatoms. The number of hydrogen-bond acceptors (Lipinski definition) is 9. The summed E-state index contributed by atoms with van der Waals surface area (Å²) in [5.74, 6) is 0.163. The first-order valence-electron chi connectivity index (χ1n) is 12.0. The summed E-state index contributed by atoms with van der Waals surface area (Å²) in [6.45, 7) is 2.20. The van der Waals surface area contributed by atoms with Crippen LogP contribution >= 0.6 is 34.5 Å². The number of azo groups is 3. The van der Waals surface area contributed by atoms with E-state index in [1.54, 1.807) is 59.9 Å². The minimum Gasteiger partial charge on any atom is -0.508 e. The molecule has 0 spiro atoms. The van der Waals surface area contributed by atoms with Crippen molar-refractivity contribution in [3.05, 3.63) is 82.8 Å². The van der Waals surface area contributed by atoms with Crippen molar-refractivity contribution < 1.29 is 5.11 Å². The first-order valence-corrected chi connectivity index (χ1v) is 13.6. The van der Waals surface area contributed by atoms with E-state index in [0.29, 0.717) is 38.5 Å². The first kappa shape index (κ1) is 26.0. The monoisotopic (exact) mass is 563 g/mol. The van der Waals surface area contributed by atoms with Gasteiger partial charge in [0.05, 0.1) is 32.1 Å². The number of halogens is 2. The Labute approximate surface area is 234 Å². The zero-order valence-electron chi connectivity index (χ0n) is 20.2. The highest BCUT2D eigenvalue weighted by molar-refractivity contribution is 7.19. The Balaban J connectivity index is 1.22. The van der Waals surface area contributed by atoms with Crippen LogP contribution in [0.2, 0.25) is 10.0 Å². The zero-order chi connectivity index (χ0) is 26.3. The Hall–Kier alpha value is -3.66. The van der Waals surface area contributed by atoms with Gasteiger partial charge in [-0.2, -0.15) is 10.2 Å². The molecule has 38 heavy (non-hydrogen) atoms. The van der Waals surface area contributed by atoms with Gasteiger partial charge in [-0.15, -0.1) is 20.5 Å². The Bertz CT molecular complexity index is 1500. The third-order valence-electron chi connectivity index (χ3n) is 5.77. The molecule has 1 saturated heterocycles. The zero-order valence-corrected chi connectivity index (χ0v) is 22.5. The molecule has 0 atom stereocenters. The molecule has 1 aromatic heterocycles. The number of aromatic hydroxyl groups is 1. The Morgan fingerprint density at radius 2 is 1.16 bits per heavy atom. The highest BCUT2D eigenvalue weighted by Gasteiger charge is 2.13. The lowest BCUT2D eigenvalue weighted by Gasteiger charge is -2.26. The van der Waals surface area contributed by atoms with Crippen LogP contribution in [0.15, 0.2) is 103 Å². The average Bonchev–Trinajstić information content (AvgIpc) is 3.41. The molecule has 8 nitrogen and oxygen atoms in total. The second kappa shape index (κ2) is 12.3. The van der Waals surface area contributed by atoms with Crippen LogP contribution in [0.3, 0.4) is 0 Å². The number of nitrogens with zero attached hydrogens (tertiary/aromatic N) is 7. The smallest absolute Gasteiger partial charge is 0.140 e. The predicted octanol–water partition coefficient (Wildman–Crippen LogP) is 11.0. The van der Waals surface area contributed by atoms with E-state index >= 15 is 0 Å². The van der Waals surface area contributed by atoms with Gasteiger partial charge in [0.1, 0.15) is 22.1 Å². The van der Waals surface area contributed by atoms with E-state index in [1.807, 2.05) is 6.07 Å². The quantitative estimate of drug-likeness (QED) is 0.226. The maximum atomic E-state index is 9.36. The van der Waals surface area contributed by atoms with Crippen molar-refractivity contribution in [1.29, 1.82) is 0 Å². The summed E-state index contributed by atoms with van der Waals surface area (Å²) >= 11 is 14.4. The molecule has 5 rings (SSSR count). The van der Waals surface area contributed by atoms with Crippen molar-refractivity contribution in [3.8, 4) is 5.75 Å². The van der Waals surface area contributed by atoms with E-state index in [9.17, 15) is 5.11 Å². The molecule has 2 heterocycles. The second-order valence-corrected chi connectivity index (χ2v) is 10.4. The molecule has 192 valence electrons. The third-order valence-corrected chi connectivity index (χ3v) is 7.40. The Morgan fingerprint density at radius 3 is 1.76 bits per heavy atom.